The van der Waals surface area contributed by atoms with Gasteiger partial charge in [0.2, 0.25) is 5.91 Å². The van der Waals surface area contributed by atoms with Gasteiger partial charge in [-0.2, -0.15) is 0 Å². The second kappa shape index (κ2) is 17.0. The normalized spacial score (nSPS) is 11.8. The second-order valence-electron chi connectivity index (χ2n) is 12.1. The van der Waals surface area contributed by atoms with Gasteiger partial charge in [-0.05, 0) is 72.9 Å². The number of hydrogen-bond donors (Lipinski definition) is 3. The molecule has 0 saturated carbocycles. The Morgan fingerprint density at radius 1 is 0.824 bits per heavy atom. The summed E-state index contributed by atoms with van der Waals surface area (Å²) in [5.41, 5.74) is 5.84. The van der Waals surface area contributed by atoms with E-state index in [9.17, 15) is 19.2 Å². The molecule has 0 fully saturated rings. The van der Waals surface area contributed by atoms with Crippen molar-refractivity contribution >= 4 is 63.6 Å². The van der Waals surface area contributed by atoms with Crippen molar-refractivity contribution in [2.24, 2.45) is 0 Å². The lowest BCUT2D eigenvalue weighted by Gasteiger charge is -2.14. The molecule has 3 amide bonds. The number of esters is 1. The highest BCUT2D eigenvalue weighted by atomic mass is 32.2. The Kier molecular flexibility index (Phi) is 12.3. The third-order valence-electron chi connectivity index (χ3n) is 8.00. The Hall–Kier alpha value is -5.45. The molecule has 8 nitrogen and oxygen atoms in total. The Bertz CT molecular complexity index is 2050. The maximum Gasteiger partial charge on any atom is 0.341 e. The van der Waals surface area contributed by atoms with Crippen LogP contribution in [0.3, 0.4) is 0 Å². The number of methoxy groups -OCH3 is 1. The minimum absolute atomic E-state index is 0.0781. The number of rotatable bonds is 12. The summed E-state index contributed by atoms with van der Waals surface area (Å²) in [5.74, 6) is -1.39. The second-order valence-corrected chi connectivity index (χ2v) is 14.4. The third kappa shape index (κ3) is 9.62. The zero-order valence-corrected chi connectivity index (χ0v) is 30.6. The first-order valence-electron chi connectivity index (χ1n) is 16.4. The van der Waals surface area contributed by atoms with Crippen LogP contribution in [0.1, 0.15) is 64.1 Å². The van der Waals surface area contributed by atoms with Crippen LogP contribution in [0.2, 0.25) is 0 Å². The van der Waals surface area contributed by atoms with E-state index in [2.05, 4.69) is 29.8 Å². The molecule has 260 valence electrons. The molecule has 51 heavy (non-hydrogen) atoms. The van der Waals surface area contributed by atoms with E-state index in [1.54, 1.807) is 55.5 Å². The van der Waals surface area contributed by atoms with Gasteiger partial charge in [0, 0.05) is 27.1 Å². The molecule has 10 heteroatoms. The molecule has 1 heterocycles. The summed E-state index contributed by atoms with van der Waals surface area (Å²) in [7, 11) is 1.31. The number of thioether (sulfide) groups is 1. The van der Waals surface area contributed by atoms with Gasteiger partial charge in [-0.15, -0.1) is 23.1 Å². The Labute approximate surface area is 306 Å². The molecule has 4 aromatic carbocycles. The monoisotopic (exact) mass is 717 g/mol. The van der Waals surface area contributed by atoms with Gasteiger partial charge in [0.25, 0.3) is 11.8 Å². The molecule has 0 spiro atoms. The minimum atomic E-state index is -0.555. The number of anilines is 2. The highest BCUT2D eigenvalue weighted by molar-refractivity contribution is 8.00. The van der Waals surface area contributed by atoms with Crippen LogP contribution >= 0.6 is 23.1 Å². The number of ether oxygens (including phenoxy) is 1. The SMILES string of the molecule is COC(=O)c1c(-c2ccc(C)cc2)csc1NC(=O)C(C)Sc1cccc(NC(=O)/C(=C\c2ccc(C(C)C)cc2)NC(=O)c2ccccc2)c1. The summed E-state index contributed by atoms with van der Waals surface area (Å²) in [6.45, 7) is 7.97. The van der Waals surface area contributed by atoms with Crippen molar-refractivity contribution in [1.29, 1.82) is 0 Å². The first kappa shape index (κ1) is 36.8. The molecule has 3 N–H and O–H groups in total. The van der Waals surface area contributed by atoms with Crippen LogP contribution in [0, 0.1) is 6.92 Å². The molecule has 0 saturated heterocycles. The molecule has 1 atom stereocenters. The highest BCUT2D eigenvalue weighted by Gasteiger charge is 2.24. The van der Waals surface area contributed by atoms with Crippen LogP contribution in [0.25, 0.3) is 17.2 Å². The van der Waals surface area contributed by atoms with Gasteiger partial charge >= 0.3 is 5.97 Å². The number of aryl methyl sites for hydroxylation is 1. The summed E-state index contributed by atoms with van der Waals surface area (Å²) >= 11 is 2.56. The lowest BCUT2D eigenvalue weighted by molar-refractivity contribution is -0.115. The smallest absolute Gasteiger partial charge is 0.341 e. The van der Waals surface area contributed by atoms with Gasteiger partial charge in [-0.25, -0.2) is 4.79 Å². The summed E-state index contributed by atoms with van der Waals surface area (Å²) in [4.78, 5) is 53.6. The number of thiophene rings is 1. The zero-order valence-electron chi connectivity index (χ0n) is 29.0. The van der Waals surface area contributed by atoms with Crippen molar-refractivity contribution < 1.29 is 23.9 Å². The van der Waals surface area contributed by atoms with Crippen molar-refractivity contribution in [3.63, 3.8) is 0 Å². The Balaban J connectivity index is 1.30. The molecule has 5 aromatic rings. The van der Waals surface area contributed by atoms with Crippen LogP contribution in [0.4, 0.5) is 10.7 Å². The fraction of sp³-hybridized carbons (Fsp3) is 0.171. The number of carbonyl (C=O) groups is 4. The third-order valence-corrected chi connectivity index (χ3v) is 9.99. The zero-order chi connectivity index (χ0) is 36.5. The highest BCUT2D eigenvalue weighted by Crippen LogP contribution is 2.37. The number of hydrogen-bond acceptors (Lipinski definition) is 7. The minimum Gasteiger partial charge on any atom is -0.465 e. The van der Waals surface area contributed by atoms with E-state index in [-0.39, 0.29) is 11.6 Å². The standard InChI is InChI=1S/C41H39N3O5S2/c1-25(2)29-20-16-28(17-21-29)22-35(43-38(46)31-10-7-6-8-11-31)39(47)42-32-12-9-13-33(23-32)51-27(4)37(45)44-40-36(41(48)49-5)34(24-50-40)30-18-14-26(3)15-19-30/h6-25,27H,1-5H3,(H,42,47)(H,43,46)(H,44,45)/b35-22+. The fourth-order valence-electron chi connectivity index (χ4n) is 5.10. The maximum absolute atomic E-state index is 13.6. The van der Waals surface area contributed by atoms with E-state index in [1.165, 1.54) is 30.2 Å². The predicted molar refractivity (Wildman–Crippen MR) is 207 cm³/mol. The molecule has 0 radical (unpaired) electrons. The van der Waals surface area contributed by atoms with Crippen LogP contribution < -0.4 is 16.0 Å². The molecule has 5 rings (SSSR count). The maximum atomic E-state index is 13.6. The van der Waals surface area contributed by atoms with Crippen LogP contribution in [0.5, 0.6) is 0 Å². The van der Waals surface area contributed by atoms with Crippen molar-refractivity contribution in [2.45, 2.75) is 43.8 Å². The van der Waals surface area contributed by atoms with E-state index >= 15 is 0 Å². The van der Waals surface area contributed by atoms with Gasteiger partial charge in [0.05, 0.1) is 12.4 Å². The lowest BCUT2D eigenvalue weighted by atomic mass is 10.0. The molecule has 0 aliphatic heterocycles. The average molecular weight is 718 g/mol. The van der Waals surface area contributed by atoms with Gasteiger partial charge in [0.15, 0.2) is 0 Å². The molecule has 0 aliphatic carbocycles. The fourth-order valence-corrected chi connectivity index (χ4v) is 6.99. The molecular weight excluding hydrogens is 679 g/mol. The van der Waals surface area contributed by atoms with Crippen molar-refractivity contribution in [2.75, 3.05) is 17.7 Å². The Morgan fingerprint density at radius 3 is 2.20 bits per heavy atom. The average Bonchev–Trinajstić information content (AvgIpc) is 3.55. The topological polar surface area (TPSA) is 114 Å². The summed E-state index contributed by atoms with van der Waals surface area (Å²) in [5, 5.41) is 10.3. The van der Waals surface area contributed by atoms with Crippen molar-refractivity contribution in [3.8, 4) is 11.1 Å². The largest absolute Gasteiger partial charge is 0.465 e. The molecule has 0 aliphatic rings. The lowest BCUT2D eigenvalue weighted by Crippen LogP contribution is -2.30. The van der Waals surface area contributed by atoms with E-state index in [0.29, 0.717) is 33.3 Å². The van der Waals surface area contributed by atoms with Crippen molar-refractivity contribution in [3.05, 3.63) is 142 Å². The number of benzene rings is 4. The van der Waals surface area contributed by atoms with Crippen LogP contribution in [-0.2, 0) is 14.3 Å². The van der Waals surface area contributed by atoms with Gasteiger partial charge in [-0.1, -0.05) is 92.2 Å². The first-order chi connectivity index (χ1) is 24.5. The quantitative estimate of drug-likeness (QED) is 0.0674. The summed E-state index contributed by atoms with van der Waals surface area (Å²) in [6.07, 6.45) is 1.64. The first-order valence-corrected chi connectivity index (χ1v) is 18.1. The predicted octanol–water partition coefficient (Wildman–Crippen LogP) is 9.16. The Morgan fingerprint density at radius 2 is 1.53 bits per heavy atom. The van der Waals surface area contributed by atoms with Crippen molar-refractivity contribution in [1.82, 2.24) is 5.32 Å². The van der Waals surface area contributed by atoms with E-state index < -0.39 is 23.0 Å². The number of nitrogens with one attached hydrogen (secondary N) is 3. The van der Waals surface area contributed by atoms with Gasteiger partial charge in [-0.3, -0.25) is 14.4 Å². The van der Waals surface area contributed by atoms with Crippen LogP contribution in [-0.4, -0.2) is 36.1 Å². The molecule has 1 unspecified atom stereocenters. The number of carbonyl (C=O) groups excluding carboxylic acids is 4. The summed E-state index contributed by atoms with van der Waals surface area (Å²) < 4.78 is 5.06. The molecular formula is C41H39N3O5S2. The van der Waals surface area contributed by atoms with E-state index in [1.807, 2.05) is 73.0 Å². The molecule has 0 bridgehead atoms. The molecule has 1 aromatic heterocycles. The van der Waals surface area contributed by atoms with Crippen LogP contribution in [0.15, 0.2) is 119 Å². The van der Waals surface area contributed by atoms with E-state index in [4.69, 9.17) is 4.74 Å². The van der Waals surface area contributed by atoms with Gasteiger partial charge in [0.1, 0.15) is 16.3 Å². The van der Waals surface area contributed by atoms with Gasteiger partial charge < -0.3 is 20.7 Å². The summed E-state index contributed by atoms with van der Waals surface area (Å²) in [6, 6.07) is 31.4. The van der Waals surface area contributed by atoms with E-state index in [0.717, 1.165) is 27.1 Å². The number of amides is 3.